The van der Waals surface area contributed by atoms with Gasteiger partial charge in [0.1, 0.15) is 0 Å². The van der Waals surface area contributed by atoms with Gasteiger partial charge in [-0.05, 0) is 6.92 Å². The van der Waals surface area contributed by atoms with E-state index in [-0.39, 0.29) is 21.1 Å². The number of allylic oxidation sites excluding steroid dienone is 1. The Bertz CT molecular complexity index is 10.8. The second kappa shape index (κ2) is 9.91. The summed E-state index contributed by atoms with van der Waals surface area (Å²) in [5, 5.41) is 0. The van der Waals surface area contributed by atoms with E-state index >= 15 is 0 Å². The Morgan fingerprint density at radius 2 is 1.75 bits per heavy atom. The predicted molar refractivity (Wildman–Crippen MR) is 15.9 cm³/mol. The first kappa shape index (κ1) is 8.83. The van der Waals surface area contributed by atoms with Gasteiger partial charge in [0, 0.05) is 21.1 Å². The van der Waals surface area contributed by atoms with E-state index in [2.05, 4.69) is 6.58 Å². The number of rotatable bonds is 0. The molecule has 0 aliphatic rings. The molecule has 0 heterocycles. The Kier molecular flexibility index (Phi) is 21.9. The van der Waals surface area contributed by atoms with E-state index in [1.165, 1.54) is 0 Å². The molecule has 0 aromatic heterocycles. The van der Waals surface area contributed by atoms with Gasteiger partial charge in [0.25, 0.3) is 0 Å². The zero-order valence-electron chi connectivity index (χ0n) is 2.69. The molecule has 0 fully saturated rings. The summed E-state index contributed by atoms with van der Waals surface area (Å²) in [5.74, 6) is 0. The first-order chi connectivity index (χ1) is 1.41. The van der Waals surface area contributed by atoms with E-state index in [4.69, 9.17) is 0 Å². The molecule has 0 N–H and O–H groups in total. The van der Waals surface area contributed by atoms with Crippen LogP contribution in [0.25, 0.3) is 0 Å². The normalized spacial score (nSPS) is 3.25. The van der Waals surface area contributed by atoms with E-state index in [1.807, 2.05) is 6.92 Å². The van der Waals surface area contributed by atoms with Gasteiger partial charge in [-0.15, -0.1) is 6.58 Å². The quantitative estimate of drug-likeness (QED) is 0.544. The van der Waals surface area contributed by atoms with Crippen molar-refractivity contribution in [3.63, 3.8) is 0 Å². The molecule has 0 rings (SSSR count). The number of hydrogen-bond donors (Lipinski definition) is 0. The minimum atomic E-state index is 0. The van der Waals surface area contributed by atoms with Crippen LogP contribution in [0.15, 0.2) is 12.7 Å². The fourth-order valence-electron chi connectivity index (χ4n) is 0. The summed E-state index contributed by atoms with van der Waals surface area (Å²) in [6.07, 6.45) is 1.75. The average Bonchev–Trinajstić information content (AvgIpc) is 0.918. The molecular formula is C3H6W. The van der Waals surface area contributed by atoms with Crippen LogP contribution >= 0.6 is 0 Å². The van der Waals surface area contributed by atoms with Gasteiger partial charge in [-0.2, -0.15) is 0 Å². The van der Waals surface area contributed by atoms with Crippen LogP contribution in [-0.4, -0.2) is 0 Å². The topological polar surface area (TPSA) is 0 Å². The molecule has 0 atom stereocenters. The molecule has 0 radical (unpaired) electrons. The molecule has 0 bridgehead atoms. The smallest absolute Gasteiger partial charge is 0 e. The Morgan fingerprint density at radius 1 is 1.75 bits per heavy atom. The van der Waals surface area contributed by atoms with Crippen LogP contribution in [0.1, 0.15) is 6.92 Å². The van der Waals surface area contributed by atoms with Crippen LogP contribution in [0.2, 0.25) is 0 Å². The Balaban J connectivity index is 0. The molecule has 0 aliphatic carbocycles. The standard InChI is InChI=1S/C3H6.W/c1-3-2;/h3H,1H2,2H3;. The Morgan fingerprint density at radius 3 is 1.75 bits per heavy atom. The largest absolute Gasteiger partial charge is 0.103 e. The molecule has 0 unspecified atom stereocenters. The minimum absolute atomic E-state index is 0. The SMILES string of the molecule is C=CC.[W]. The summed E-state index contributed by atoms with van der Waals surface area (Å²) in [4.78, 5) is 0. The predicted octanol–water partition coefficient (Wildman–Crippen LogP) is 1.19. The second-order valence-corrected chi connectivity index (χ2v) is 0.408. The maximum absolute atomic E-state index is 3.36. The molecule has 24 valence electrons. The van der Waals surface area contributed by atoms with Crippen molar-refractivity contribution in [2.45, 2.75) is 6.92 Å². The van der Waals surface area contributed by atoms with Crippen molar-refractivity contribution in [3.05, 3.63) is 12.7 Å². The van der Waals surface area contributed by atoms with Gasteiger partial charge < -0.3 is 0 Å². The number of hydrogen-bond acceptors (Lipinski definition) is 0. The van der Waals surface area contributed by atoms with Gasteiger partial charge in [-0.3, -0.25) is 0 Å². The molecule has 0 aliphatic heterocycles. The molecule has 0 nitrogen and oxygen atoms in total. The van der Waals surface area contributed by atoms with Gasteiger partial charge in [0.15, 0.2) is 0 Å². The summed E-state index contributed by atoms with van der Waals surface area (Å²) in [6.45, 7) is 5.25. The van der Waals surface area contributed by atoms with E-state index in [1.54, 1.807) is 6.08 Å². The molecule has 0 aromatic carbocycles. The maximum Gasteiger partial charge on any atom is 0 e. The van der Waals surface area contributed by atoms with Crippen LogP contribution in [-0.2, 0) is 21.1 Å². The Hall–Kier alpha value is 0.428. The fraction of sp³-hybridized carbons (Fsp3) is 0.333. The van der Waals surface area contributed by atoms with Gasteiger partial charge in [0.05, 0.1) is 0 Å². The summed E-state index contributed by atoms with van der Waals surface area (Å²) in [6, 6.07) is 0. The first-order valence-corrected chi connectivity index (χ1v) is 0.986. The van der Waals surface area contributed by atoms with Crippen molar-refractivity contribution in [3.8, 4) is 0 Å². The van der Waals surface area contributed by atoms with Crippen LogP contribution < -0.4 is 0 Å². The van der Waals surface area contributed by atoms with Gasteiger partial charge in [-0.1, -0.05) is 6.08 Å². The molecule has 4 heavy (non-hydrogen) atoms. The van der Waals surface area contributed by atoms with Crippen LogP contribution in [0.3, 0.4) is 0 Å². The summed E-state index contributed by atoms with van der Waals surface area (Å²) >= 11 is 0. The first-order valence-electron chi connectivity index (χ1n) is 0.986. The molecule has 0 saturated heterocycles. The second-order valence-electron chi connectivity index (χ2n) is 0.408. The van der Waals surface area contributed by atoms with Crippen LogP contribution in [0.4, 0.5) is 0 Å². The molecule has 0 aromatic rings. The monoisotopic (exact) mass is 226 g/mol. The summed E-state index contributed by atoms with van der Waals surface area (Å²) < 4.78 is 0. The molecule has 1 heteroatoms. The van der Waals surface area contributed by atoms with E-state index in [0.717, 1.165) is 0 Å². The third kappa shape index (κ3) is 27.0. The third-order valence-corrected chi connectivity index (χ3v) is 0. The summed E-state index contributed by atoms with van der Waals surface area (Å²) in [7, 11) is 0. The minimum Gasteiger partial charge on any atom is -0.103 e. The third-order valence-electron chi connectivity index (χ3n) is 0. The summed E-state index contributed by atoms with van der Waals surface area (Å²) in [5.41, 5.74) is 0. The Labute approximate surface area is 41.2 Å². The zero-order chi connectivity index (χ0) is 2.71. The fourth-order valence-corrected chi connectivity index (χ4v) is 0. The van der Waals surface area contributed by atoms with Crippen molar-refractivity contribution in [1.29, 1.82) is 0 Å². The van der Waals surface area contributed by atoms with Crippen LogP contribution in [0.5, 0.6) is 0 Å². The van der Waals surface area contributed by atoms with Crippen molar-refractivity contribution in [2.75, 3.05) is 0 Å². The van der Waals surface area contributed by atoms with Gasteiger partial charge in [0.2, 0.25) is 0 Å². The van der Waals surface area contributed by atoms with Crippen molar-refractivity contribution < 1.29 is 21.1 Å². The van der Waals surface area contributed by atoms with E-state index in [9.17, 15) is 0 Å². The van der Waals surface area contributed by atoms with E-state index in [0.29, 0.717) is 0 Å². The maximum atomic E-state index is 3.36. The molecule has 0 spiro atoms. The van der Waals surface area contributed by atoms with Crippen LogP contribution in [0, 0.1) is 0 Å². The van der Waals surface area contributed by atoms with Crippen molar-refractivity contribution in [2.24, 2.45) is 0 Å². The molecular weight excluding hydrogens is 220 g/mol. The molecule has 0 amide bonds. The zero-order valence-corrected chi connectivity index (χ0v) is 5.63. The van der Waals surface area contributed by atoms with Gasteiger partial charge >= 0.3 is 0 Å². The molecule has 0 saturated carbocycles. The van der Waals surface area contributed by atoms with E-state index < -0.39 is 0 Å². The van der Waals surface area contributed by atoms with Gasteiger partial charge in [-0.25, -0.2) is 0 Å². The van der Waals surface area contributed by atoms with Crippen molar-refractivity contribution >= 4 is 0 Å². The van der Waals surface area contributed by atoms with Crippen molar-refractivity contribution in [1.82, 2.24) is 0 Å². The average molecular weight is 226 g/mol.